The van der Waals surface area contributed by atoms with Crippen LogP contribution in [0.3, 0.4) is 0 Å². The maximum absolute atomic E-state index is 12.7. The molecule has 0 radical (unpaired) electrons. The van der Waals surface area contributed by atoms with Crippen LogP contribution in [0.5, 0.6) is 11.5 Å². The largest absolute Gasteiger partial charge is 0.457 e. The molecular formula is C40H51N5O2. The van der Waals surface area contributed by atoms with Gasteiger partial charge in [-0.15, -0.1) is 6.58 Å². The van der Waals surface area contributed by atoms with Crippen LogP contribution in [0.2, 0.25) is 0 Å². The van der Waals surface area contributed by atoms with E-state index in [1.54, 1.807) is 12.2 Å². The zero-order chi connectivity index (χ0) is 34.1. The van der Waals surface area contributed by atoms with E-state index in [9.17, 15) is 4.79 Å². The van der Waals surface area contributed by atoms with Crippen LogP contribution in [0.4, 0.5) is 5.82 Å². The van der Waals surface area contributed by atoms with Crippen LogP contribution in [0.15, 0.2) is 85.0 Å². The van der Waals surface area contributed by atoms with Crippen molar-refractivity contribution in [2.75, 3.05) is 18.4 Å². The summed E-state index contributed by atoms with van der Waals surface area (Å²) in [4.78, 5) is 19.5. The Labute approximate surface area is 280 Å². The molecule has 0 unspecified atom stereocenters. The number of likely N-dealkylation sites (tertiary alicyclic amines) is 1. The fourth-order valence-electron chi connectivity index (χ4n) is 6.09. The van der Waals surface area contributed by atoms with E-state index >= 15 is 0 Å². The fraction of sp³-hybridized carbons (Fsp3) is 0.400. The molecule has 0 bridgehead atoms. The number of allylic oxidation sites excluding steroid dienone is 3. The van der Waals surface area contributed by atoms with Gasteiger partial charge in [0.2, 0.25) is 5.91 Å². The number of nitrogens with zero attached hydrogens (tertiary/aromatic N) is 2. The molecule has 47 heavy (non-hydrogen) atoms. The average molecular weight is 634 g/mol. The van der Waals surface area contributed by atoms with Crippen molar-refractivity contribution in [3.63, 3.8) is 0 Å². The lowest BCUT2D eigenvalue weighted by atomic mass is 9.76. The molecule has 1 aliphatic carbocycles. The van der Waals surface area contributed by atoms with Crippen LogP contribution in [0.25, 0.3) is 10.9 Å². The summed E-state index contributed by atoms with van der Waals surface area (Å²) in [6.07, 6.45) is 11.7. The highest BCUT2D eigenvalue weighted by molar-refractivity contribution is 6.10. The van der Waals surface area contributed by atoms with Crippen molar-refractivity contribution < 1.29 is 9.53 Å². The van der Waals surface area contributed by atoms with E-state index in [-0.39, 0.29) is 17.2 Å². The summed E-state index contributed by atoms with van der Waals surface area (Å²) in [7, 11) is 0. The van der Waals surface area contributed by atoms with Gasteiger partial charge >= 0.3 is 0 Å². The topological polar surface area (TPSA) is 102 Å². The van der Waals surface area contributed by atoms with Crippen molar-refractivity contribution >= 4 is 34.1 Å². The molecular weight excluding hydrogens is 582 g/mol. The van der Waals surface area contributed by atoms with E-state index in [1.165, 1.54) is 5.57 Å². The van der Waals surface area contributed by atoms with Gasteiger partial charge in [0.25, 0.3) is 0 Å². The van der Waals surface area contributed by atoms with Crippen LogP contribution in [-0.4, -0.2) is 40.3 Å². The van der Waals surface area contributed by atoms with Gasteiger partial charge in [0, 0.05) is 54.2 Å². The highest BCUT2D eigenvalue weighted by Crippen LogP contribution is 2.36. The molecule has 7 heteroatoms. The number of carbonyl (C=O) groups is 1. The minimum atomic E-state index is -0.0784. The molecule has 248 valence electrons. The van der Waals surface area contributed by atoms with E-state index < -0.39 is 0 Å². The Morgan fingerprint density at radius 1 is 1.15 bits per heavy atom. The number of hydrogen-bond acceptors (Lipinski definition) is 6. The predicted molar refractivity (Wildman–Crippen MR) is 196 cm³/mol. The molecule has 5 rings (SSSR count). The molecule has 2 aliphatic rings. The summed E-state index contributed by atoms with van der Waals surface area (Å²) in [6, 6.07) is 15.5. The third-order valence-electron chi connectivity index (χ3n) is 8.84. The van der Waals surface area contributed by atoms with Gasteiger partial charge in [0.15, 0.2) is 0 Å². The summed E-state index contributed by atoms with van der Waals surface area (Å²) < 4.78 is 6.45. The number of rotatable bonds is 12. The van der Waals surface area contributed by atoms with Gasteiger partial charge in [-0.25, -0.2) is 4.98 Å². The minimum absolute atomic E-state index is 0.0784. The summed E-state index contributed by atoms with van der Waals surface area (Å²) in [5.74, 6) is 2.69. The van der Waals surface area contributed by atoms with Crippen molar-refractivity contribution in [3.8, 4) is 11.5 Å². The van der Waals surface area contributed by atoms with Crippen molar-refractivity contribution in [3.05, 3.63) is 96.1 Å². The number of pyridine rings is 1. The predicted octanol–water partition coefficient (Wildman–Crippen LogP) is 9.74. The second kappa shape index (κ2) is 15.9. The van der Waals surface area contributed by atoms with Crippen LogP contribution in [-0.2, 0) is 11.3 Å². The van der Waals surface area contributed by atoms with Crippen LogP contribution in [0, 0.1) is 28.1 Å². The lowest BCUT2D eigenvalue weighted by Crippen LogP contribution is -2.28. The third-order valence-corrected chi connectivity index (χ3v) is 8.84. The number of carbonyl (C=O) groups excluding carboxylic acids is 1. The minimum Gasteiger partial charge on any atom is -0.457 e. The average Bonchev–Trinajstić information content (AvgIpc) is 3.39. The summed E-state index contributed by atoms with van der Waals surface area (Å²) in [5.41, 5.74) is 4.62. The third kappa shape index (κ3) is 9.06. The summed E-state index contributed by atoms with van der Waals surface area (Å²) in [5, 5.41) is 21.0. The van der Waals surface area contributed by atoms with E-state index in [0.29, 0.717) is 41.8 Å². The smallest absolute Gasteiger partial charge is 0.223 e. The van der Waals surface area contributed by atoms with E-state index in [4.69, 9.17) is 20.5 Å². The van der Waals surface area contributed by atoms with Crippen molar-refractivity contribution in [2.45, 2.75) is 73.8 Å². The number of benzene rings is 2. The van der Waals surface area contributed by atoms with Crippen molar-refractivity contribution in [1.82, 2.24) is 9.88 Å². The molecule has 1 fully saturated rings. The molecule has 2 atom stereocenters. The number of anilines is 1. The number of hydrogen-bond donors (Lipinski definition) is 3. The molecule has 7 nitrogen and oxygen atoms in total. The molecule has 3 aromatic rings. The molecule has 2 heterocycles. The van der Waals surface area contributed by atoms with Gasteiger partial charge in [-0.05, 0) is 98.2 Å². The lowest BCUT2D eigenvalue weighted by Gasteiger charge is -2.32. The van der Waals surface area contributed by atoms with Crippen LogP contribution in [0.1, 0.15) is 78.4 Å². The number of nitrogens with one attached hydrogen (secondary N) is 3. The second-order valence-electron chi connectivity index (χ2n) is 13.1. The fourth-order valence-corrected chi connectivity index (χ4v) is 6.09. The monoisotopic (exact) mass is 633 g/mol. The first-order valence-electron chi connectivity index (χ1n) is 16.9. The number of ether oxygens (including phenoxy) is 1. The Morgan fingerprint density at radius 2 is 1.89 bits per heavy atom. The second-order valence-corrected chi connectivity index (χ2v) is 13.1. The van der Waals surface area contributed by atoms with E-state index in [1.807, 2.05) is 69.0 Å². The standard InChI is InChI=1S/C38H45N5O2.C2H6/c1-6-38(17-7-8-26(4)21-38)24-41-36-16-11-29-19-30(23-43-22-27(5)18-37(43)44)35(20-34(29)42-36)45-31-12-9-28(10-13-31)33(40)15-14-32(39)25(2)3;1-2/h6,9-16,19-21,25,27,39-40H,1,7-8,17-18,22-24H2,2-5H3,(H,41,42);1-2H3/b15-14-,39-32?,40-33?;/t27-,38+;/m0./s1. The van der Waals surface area contributed by atoms with Gasteiger partial charge in [0.1, 0.15) is 17.3 Å². The Balaban J connectivity index is 0.00000245. The number of amides is 1. The highest BCUT2D eigenvalue weighted by atomic mass is 16.5. The zero-order valence-corrected chi connectivity index (χ0v) is 29.0. The summed E-state index contributed by atoms with van der Waals surface area (Å²) in [6.45, 7) is 18.3. The number of fused-ring (bicyclic) bond motifs is 1. The molecule has 1 aromatic heterocycles. The number of aromatic nitrogens is 1. The maximum atomic E-state index is 12.7. The van der Waals surface area contributed by atoms with Gasteiger partial charge in [0.05, 0.1) is 11.2 Å². The Bertz CT molecular complexity index is 1670. The van der Waals surface area contributed by atoms with Crippen molar-refractivity contribution in [1.29, 1.82) is 10.8 Å². The van der Waals surface area contributed by atoms with E-state index in [2.05, 4.69) is 50.0 Å². The van der Waals surface area contributed by atoms with Gasteiger partial charge < -0.3 is 25.8 Å². The lowest BCUT2D eigenvalue weighted by molar-refractivity contribution is -0.128. The Kier molecular flexibility index (Phi) is 11.9. The van der Waals surface area contributed by atoms with Crippen LogP contribution >= 0.6 is 0 Å². The van der Waals surface area contributed by atoms with Gasteiger partial charge in [-0.2, -0.15) is 0 Å². The first-order valence-corrected chi connectivity index (χ1v) is 16.9. The van der Waals surface area contributed by atoms with E-state index in [0.717, 1.165) is 60.2 Å². The zero-order valence-electron chi connectivity index (χ0n) is 29.0. The molecule has 1 saturated heterocycles. The summed E-state index contributed by atoms with van der Waals surface area (Å²) >= 11 is 0. The first-order chi connectivity index (χ1) is 22.5. The normalized spacial score (nSPS) is 19.4. The first kappa shape index (κ1) is 35.3. The Hall–Kier alpha value is -4.52. The van der Waals surface area contributed by atoms with Crippen LogP contribution < -0.4 is 10.1 Å². The maximum Gasteiger partial charge on any atom is 0.223 e. The Morgan fingerprint density at radius 3 is 2.53 bits per heavy atom. The molecule has 1 amide bonds. The van der Waals surface area contributed by atoms with Gasteiger partial charge in [-0.1, -0.05) is 52.3 Å². The molecule has 2 aromatic carbocycles. The van der Waals surface area contributed by atoms with Gasteiger partial charge in [-0.3, -0.25) is 4.79 Å². The molecule has 3 N–H and O–H groups in total. The molecule has 0 saturated carbocycles. The molecule has 1 aliphatic heterocycles. The van der Waals surface area contributed by atoms with Crippen molar-refractivity contribution in [2.24, 2.45) is 17.3 Å². The molecule has 0 spiro atoms. The highest BCUT2D eigenvalue weighted by Gasteiger charge is 2.28. The quantitative estimate of drug-likeness (QED) is 0.136. The SMILES string of the molecule is C=C[C@]1(CNc2ccc3cc(CN4C[C@@H](C)CC4=O)c(Oc4ccc(C(=N)/C=C\C(=N)C(C)C)cc4)cc3n2)C=C(C)CCC1.CC.